The molecule has 2 aliphatic heterocycles. The van der Waals surface area contributed by atoms with Crippen molar-refractivity contribution in [2.24, 2.45) is 0 Å². The van der Waals surface area contributed by atoms with Crippen molar-refractivity contribution in [1.29, 1.82) is 0 Å². The van der Waals surface area contributed by atoms with Crippen LogP contribution < -0.4 is 5.32 Å². The molecule has 2 heterocycles. The predicted molar refractivity (Wildman–Crippen MR) is 88.0 cm³/mol. The zero-order chi connectivity index (χ0) is 17.2. The molecule has 2 aliphatic rings. The van der Waals surface area contributed by atoms with E-state index in [-0.39, 0.29) is 36.2 Å². The summed E-state index contributed by atoms with van der Waals surface area (Å²) in [5, 5.41) is 2.66. The number of rotatable bonds is 3. The van der Waals surface area contributed by atoms with E-state index in [1.54, 1.807) is 17.0 Å². The number of carbonyl (C=O) groups is 2. The third-order valence-corrected chi connectivity index (χ3v) is 6.32. The van der Waals surface area contributed by atoms with Gasteiger partial charge in [-0.1, -0.05) is 0 Å². The van der Waals surface area contributed by atoms with Gasteiger partial charge in [0.05, 0.1) is 4.90 Å². The summed E-state index contributed by atoms with van der Waals surface area (Å²) in [5.41, 5.74) is 0.503. The summed E-state index contributed by atoms with van der Waals surface area (Å²) >= 11 is 0. The standard InChI is InChI=1S/C16H21N3O4S/c20-15-7-11-19(12-8-17-15)24(22,23)14-5-3-13(4-6-14)16(21)18-9-1-2-10-18/h3-6H,1-2,7-12H2,(H,17,20). The normalized spacial score (nSPS) is 19.8. The fraction of sp³-hybridized carbons (Fsp3) is 0.500. The highest BCUT2D eigenvalue weighted by Crippen LogP contribution is 2.19. The molecule has 2 saturated heterocycles. The van der Waals surface area contributed by atoms with Crippen LogP contribution in [0, 0.1) is 0 Å². The zero-order valence-electron chi connectivity index (χ0n) is 13.4. The average Bonchev–Trinajstić information content (AvgIpc) is 3.03. The molecule has 0 aromatic heterocycles. The van der Waals surface area contributed by atoms with E-state index >= 15 is 0 Å². The Labute approximate surface area is 141 Å². The van der Waals surface area contributed by atoms with E-state index in [0.717, 1.165) is 25.9 Å². The van der Waals surface area contributed by atoms with Crippen LogP contribution in [0.3, 0.4) is 0 Å². The number of nitrogens with zero attached hydrogens (tertiary/aromatic N) is 2. The Morgan fingerprint density at radius 2 is 1.67 bits per heavy atom. The summed E-state index contributed by atoms with van der Waals surface area (Å²) in [5.74, 6) is -0.194. The number of hydrogen-bond donors (Lipinski definition) is 1. The minimum atomic E-state index is -3.65. The van der Waals surface area contributed by atoms with E-state index in [4.69, 9.17) is 0 Å². The van der Waals surface area contributed by atoms with E-state index in [0.29, 0.717) is 12.1 Å². The molecule has 3 rings (SSSR count). The molecule has 7 nitrogen and oxygen atoms in total. The van der Waals surface area contributed by atoms with Gasteiger partial charge in [-0.05, 0) is 37.1 Å². The second kappa shape index (κ2) is 6.90. The molecule has 0 aliphatic carbocycles. The maximum atomic E-state index is 12.7. The van der Waals surface area contributed by atoms with Gasteiger partial charge >= 0.3 is 0 Å². The Bertz CT molecular complexity index is 724. The van der Waals surface area contributed by atoms with Crippen molar-refractivity contribution in [3.05, 3.63) is 29.8 Å². The molecule has 0 unspecified atom stereocenters. The highest BCUT2D eigenvalue weighted by molar-refractivity contribution is 7.89. The first-order valence-corrected chi connectivity index (χ1v) is 9.59. The van der Waals surface area contributed by atoms with Gasteiger partial charge in [0.1, 0.15) is 0 Å². The highest BCUT2D eigenvalue weighted by Gasteiger charge is 2.27. The van der Waals surface area contributed by atoms with Crippen LogP contribution in [0.25, 0.3) is 0 Å². The number of amides is 2. The first kappa shape index (κ1) is 16.9. The largest absolute Gasteiger partial charge is 0.355 e. The van der Waals surface area contributed by atoms with Gasteiger partial charge in [-0.2, -0.15) is 4.31 Å². The van der Waals surface area contributed by atoms with Gasteiger partial charge in [0.2, 0.25) is 15.9 Å². The van der Waals surface area contributed by atoms with Crippen LogP contribution >= 0.6 is 0 Å². The third-order valence-electron chi connectivity index (χ3n) is 4.40. The number of benzene rings is 1. The molecular weight excluding hydrogens is 330 g/mol. The number of sulfonamides is 1. The van der Waals surface area contributed by atoms with E-state index in [1.165, 1.54) is 16.4 Å². The molecule has 0 radical (unpaired) electrons. The van der Waals surface area contributed by atoms with Crippen molar-refractivity contribution in [3.63, 3.8) is 0 Å². The lowest BCUT2D eigenvalue weighted by molar-refractivity contribution is -0.120. The van der Waals surface area contributed by atoms with E-state index in [9.17, 15) is 18.0 Å². The molecular formula is C16H21N3O4S. The molecule has 0 atom stereocenters. The molecule has 24 heavy (non-hydrogen) atoms. The average molecular weight is 351 g/mol. The molecule has 1 aromatic carbocycles. The number of likely N-dealkylation sites (tertiary alicyclic amines) is 1. The Balaban J connectivity index is 1.76. The van der Waals surface area contributed by atoms with Crippen LogP contribution in [0.1, 0.15) is 29.6 Å². The lowest BCUT2D eigenvalue weighted by Crippen LogP contribution is -2.34. The van der Waals surface area contributed by atoms with Crippen molar-refractivity contribution < 1.29 is 18.0 Å². The Morgan fingerprint density at radius 1 is 1.00 bits per heavy atom. The lowest BCUT2D eigenvalue weighted by atomic mass is 10.2. The minimum absolute atomic E-state index is 0.0546. The fourth-order valence-electron chi connectivity index (χ4n) is 3.01. The van der Waals surface area contributed by atoms with E-state index in [1.807, 2.05) is 0 Å². The van der Waals surface area contributed by atoms with Crippen molar-refractivity contribution >= 4 is 21.8 Å². The van der Waals surface area contributed by atoms with Gasteiger partial charge in [-0.3, -0.25) is 9.59 Å². The van der Waals surface area contributed by atoms with Gasteiger partial charge in [-0.15, -0.1) is 0 Å². The first-order chi connectivity index (χ1) is 11.5. The molecule has 1 N–H and O–H groups in total. The minimum Gasteiger partial charge on any atom is -0.355 e. The zero-order valence-corrected chi connectivity index (χ0v) is 14.2. The number of hydrogen-bond acceptors (Lipinski definition) is 4. The van der Waals surface area contributed by atoms with Crippen LogP contribution in [0.5, 0.6) is 0 Å². The topological polar surface area (TPSA) is 86.8 Å². The predicted octanol–water partition coefficient (Wildman–Crippen LogP) is 0.433. The van der Waals surface area contributed by atoms with Crippen molar-refractivity contribution in [3.8, 4) is 0 Å². The fourth-order valence-corrected chi connectivity index (χ4v) is 4.45. The van der Waals surface area contributed by atoms with Gasteiger partial charge in [0.25, 0.3) is 5.91 Å². The van der Waals surface area contributed by atoms with Gasteiger partial charge in [0.15, 0.2) is 0 Å². The SMILES string of the molecule is O=C1CCN(S(=O)(=O)c2ccc(C(=O)N3CCCC3)cc2)CCN1. The molecule has 0 saturated carbocycles. The highest BCUT2D eigenvalue weighted by atomic mass is 32.2. The maximum Gasteiger partial charge on any atom is 0.253 e. The van der Waals surface area contributed by atoms with Crippen LogP contribution in [-0.4, -0.2) is 62.2 Å². The third kappa shape index (κ3) is 3.44. The quantitative estimate of drug-likeness (QED) is 0.856. The summed E-state index contributed by atoms with van der Waals surface area (Å²) in [7, 11) is -3.65. The van der Waals surface area contributed by atoms with E-state index in [2.05, 4.69) is 5.32 Å². The second-order valence-corrected chi connectivity index (χ2v) is 7.97. The molecule has 2 fully saturated rings. The second-order valence-electron chi connectivity index (χ2n) is 6.03. The molecule has 0 spiro atoms. The summed E-state index contributed by atoms with van der Waals surface area (Å²) in [6.45, 7) is 2.25. The van der Waals surface area contributed by atoms with Crippen LogP contribution in [0.15, 0.2) is 29.2 Å². The lowest BCUT2D eigenvalue weighted by Gasteiger charge is -2.20. The summed E-state index contributed by atoms with van der Waals surface area (Å²) in [6, 6.07) is 6.07. The van der Waals surface area contributed by atoms with Crippen LogP contribution in [0.4, 0.5) is 0 Å². The first-order valence-electron chi connectivity index (χ1n) is 8.15. The summed E-state index contributed by atoms with van der Waals surface area (Å²) in [4.78, 5) is 25.6. The van der Waals surface area contributed by atoms with Gasteiger partial charge in [-0.25, -0.2) is 8.42 Å². The summed E-state index contributed by atoms with van der Waals surface area (Å²) < 4.78 is 26.7. The Morgan fingerprint density at radius 3 is 2.33 bits per heavy atom. The van der Waals surface area contributed by atoms with Crippen LogP contribution in [-0.2, 0) is 14.8 Å². The maximum absolute atomic E-state index is 12.7. The van der Waals surface area contributed by atoms with Gasteiger partial charge in [0, 0.05) is 44.7 Å². The molecule has 130 valence electrons. The summed E-state index contributed by atoms with van der Waals surface area (Å²) in [6.07, 6.45) is 2.19. The van der Waals surface area contributed by atoms with Crippen molar-refractivity contribution in [1.82, 2.24) is 14.5 Å². The smallest absolute Gasteiger partial charge is 0.253 e. The Kier molecular flexibility index (Phi) is 4.86. The van der Waals surface area contributed by atoms with Crippen molar-refractivity contribution in [2.75, 3.05) is 32.7 Å². The monoisotopic (exact) mass is 351 g/mol. The molecule has 1 aromatic rings. The molecule has 2 amide bonds. The van der Waals surface area contributed by atoms with E-state index < -0.39 is 10.0 Å². The van der Waals surface area contributed by atoms with Crippen LogP contribution in [0.2, 0.25) is 0 Å². The Hall–Kier alpha value is -1.93. The van der Waals surface area contributed by atoms with Crippen molar-refractivity contribution in [2.45, 2.75) is 24.2 Å². The molecule has 8 heteroatoms. The number of carbonyl (C=O) groups excluding carboxylic acids is 2. The number of nitrogens with one attached hydrogen (secondary N) is 1. The van der Waals surface area contributed by atoms with Gasteiger partial charge < -0.3 is 10.2 Å². The molecule has 0 bridgehead atoms.